The summed E-state index contributed by atoms with van der Waals surface area (Å²) < 4.78 is 38.0. The highest BCUT2D eigenvalue weighted by Gasteiger charge is 2.30. The Morgan fingerprint density at radius 2 is 2.14 bits per heavy atom. The Kier molecular flexibility index (Phi) is 4.37. The molecule has 0 unspecified atom stereocenters. The molecule has 1 aliphatic rings. The van der Waals surface area contributed by atoms with Crippen LogP contribution in [0, 0.1) is 0 Å². The molecule has 1 atom stereocenters. The van der Waals surface area contributed by atoms with Crippen molar-refractivity contribution in [3.8, 4) is 0 Å². The Labute approximate surface area is 121 Å². The second-order valence-corrected chi connectivity index (χ2v) is 5.24. The number of carbonyl (C=O) groups is 1. The Balaban J connectivity index is 2.17. The maximum Gasteiger partial charge on any atom is 0.416 e. The number of rotatable bonds is 2. The molecule has 1 aromatic carbocycles. The van der Waals surface area contributed by atoms with Gasteiger partial charge in [0, 0.05) is 25.2 Å². The van der Waals surface area contributed by atoms with E-state index in [9.17, 15) is 18.0 Å². The van der Waals surface area contributed by atoms with E-state index in [1.54, 1.807) is 17.9 Å². The highest BCUT2D eigenvalue weighted by atomic mass is 19.4. The first-order chi connectivity index (χ1) is 9.77. The first-order valence-electron chi connectivity index (χ1n) is 6.68. The highest BCUT2D eigenvalue weighted by molar-refractivity contribution is 5.95. The van der Waals surface area contributed by atoms with Gasteiger partial charge in [-0.2, -0.15) is 13.2 Å². The Bertz CT molecular complexity index is 566. The number of carbonyl (C=O) groups excluding carboxylic acids is 1. The number of amides is 1. The fourth-order valence-electron chi connectivity index (χ4n) is 2.29. The van der Waals surface area contributed by atoms with E-state index >= 15 is 0 Å². The topological polar surface area (TPSA) is 46.3 Å². The highest BCUT2D eigenvalue weighted by Crippen LogP contribution is 2.30. The van der Waals surface area contributed by atoms with E-state index in [0.717, 1.165) is 18.6 Å². The third kappa shape index (κ3) is 3.85. The van der Waals surface area contributed by atoms with E-state index < -0.39 is 11.7 Å². The van der Waals surface area contributed by atoms with Crippen LogP contribution in [-0.2, 0) is 11.0 Å². The second-order valence-electron chi connectivity index (χ2n) is 5.24. The first-order valence-corrected chi connectivity index (χ1v) is 6.68. The van der Waals surface area contributed by atoms with Gasteiger partial charge in [0.25, 0.3) is 0 Å². The molecule has 0 aliphatic carbocycles. The van der Waals surface area contributed by atoms with Crippen LogP contribution in [0.5, 0.6) is 0 Å². The molecule has 1 amide bonds. The van der Waals surface area contributed by atoms with E-state index in [0.29, 0.717) is 24.2 Å². The van der Waals surface area contributed by atoms with Gasteiger partial charge in [0.05, 0.1) is 5.56 Å². The summed E-state index contributed by atoms with van der Waals surface area (Å²) in [4.78, 5) is 13.6. The molecule has 0 bridgehead atoms. The molecule has 1 aliphatic heterocycles. The van der Waals surface area contributed by atoms with Crippen LogP contribution >= 0.6 is 0 Å². The number of nitrogens with zero attached hydrogens (tertiary/aromatic N) is 1. The molecule has 1 fully saturated rings. The van der Waals surface area contributed by atoms with Gasteiger partial charge in [0.1, 0.15) is 0 Å². The van der Waals surface area contributed by atoms with E-state index in [2.05, 4.69) is 0 Å². The lowest BCUT2D eigenvalue weighted by molar-refractivity contribution is -0.137. The summed E-state index contributed by atoms with van der Waals surface area (Å²) in [5.41, 5.74) is 5.91. The number of likely N-dealkylation sites (tertiary alicyclic amines) is 1. The predicted octanol–water partition coefficient (Wildman–Crippen LogP) is 2.67. The van der Waals surface area contributed by atoms with Crippen molar-refractivity contribution in [2.75, 3.05) is 13.1 Å². The molecular weight excluding hydrogens is 281 g/mol. The van der Waals surface area contributed by atoms with Gasteiger partial charge in [-0.25, -0.2) is 0 Å². The molecule has 1 aromatic rings. The van der Waals surface area contributed by atoms with Gasteiger partial charge >= 0.3 is 6.18 Å². The molecule has 2 N–H and O–H groups in total. The fraction of sp³-hybridized carbons (Fsp3) is 0.400. The summed E-state index contributed by atoms with van der Waals surface area (Å²) >= 11 is 0. The third-order valence-corrected chi connectivity index (χ3v) is 3.52. The second kappa shape index (κ2) is 5.89. The average Bonchev–Trinajstić information content (AvgIpc) is 2.84. The molecule has 0 aromatic heterocycles. The Morgan fingerprint density at radius 3 is 2.71 bits per heavy atom. The van der Waals surface area contributed by atoms with Gasteiger partial charge in [-0.3, -0.25) is 4.79 Å². The van der Waals surface area contributed by atoms with Gasteiger partial charge in [-0.05, 0) is 36.6 Å². The molecular formula is C15H17F3N2O. The monoisotopic (exact) mass is 298 g/mol. The fourth-order valence-corrected chi connectivity index (χ4v) is 2.29. The maximum atomic E-state index is 12.7. The van der Waals surface area contributed by atoms with Crippen molar-refractivity contribution in [1.82, 2.24) is 4.90 Å². The lowest BCUT2D eigenvalue weighted by Gasteiger charge is -2.14. The van der Waals surface area contributed by atoms with Crippen LogP contribution in [0.2, 0.25) is 0 Å². The number of nitrogens with two attached hydrogens (primary N) is 1. The molecule has 0 spiro atoms. The minimum absolute atomic E-state index is 0.0174. The molecule has 2 rings (SSSR count). The van der Waals surface area contributed by atoms with Crippen LogP contribution in [0.1, 0.15) is 24.5 Å². The van der Waals surface area contributed by atoms with Crippen LogP contribution in [0.4, 0.5) is 13.2 Å². The number of benzene rings is 1. The quantitative estimate of drug-likeness (QED) is 0.853. The molecule has 1 saturated heterocycles. The van der Waals surface area contributed by atoms with Crippen molar-refractivity contribution >= 4 is 11.5 Å². The minimum atomic E-state index is -4.39. The number of alkyl halides is 3. The van der Waals surface area contributed by atoms with Crippen molar-refractivity contribution in [3.63, 3.8) is 0 Å². The van der Waals surface area contributed by atoms with Gasteiger partial charge < -0.3 is 10.6 Å². The van der Waals surface area contributed by atoms with Crippen LogP contribution in [0.3, 0.4) is 0 Å². The van der Waals surface area contributed by atoms with Gasteiger partial charge in [-0.15, -0.1) is 0 Å². The standard InChI is InChI=1S/C15H17F3N2O/c1-10(7-14(21)20-6-5-13(19)9-20)11-3-2-4-12(8-11)15(16,17)18/h2-4,7-8,13H,5-6,9,19H2,1H3/t13-/m1/s1. The zero-order chi connectivity index (χ0) is 15.6. The smallest absolute Gasteiger partial charge is 0.338 e. The summed E-state index contributed by atoms with van der Waals surface area (Å²) in [6.45, 7) is 2.71. The number of halogens is 3. The molecule has 0 saturated carbocycles. The molecule has 114 valence electrons. The average molecular weight is 298 g/mol. The van der Waals surface area contributed by atoms with Crippen molar-refractivity contribution in [1.29, 1.82) is 0 Å². The molecule has 6 heteroatoms. The van der Waals surface area contributed by atoms with E-state index in [4.69, 9.17) is 5.73 Å². The van der Waals surface area contributed by atoms with Crippen LogP contribution < -0.4 is 5.73 Å². The van der Waals surface area contributed by atoms with Crippen LogP contribution in [-0.4, -0.2) is 29.9 Å². The van der Waals surface area contributed by atoms with Crippen LogP contribution in [0.25, 0.3) is 5.57 Å². The lowest BCUT2D eigenvalue weighted by atomic mass is 10.0. The molecule has 0 radical (unpaired) electrons. The summed E-state index contributed by atoms with van der Waals surface area (Å²) in [7, 11) is 0. The predicted molar refractivity (Wildman–Crippen MR) is 74.3 cm³/mol. The number of hydrogen-bond acceptors (Lipinski definition) is 2. The van der Waals surface area contributed by atoms with E-state index in [1.807, 2.05) is 0 Å². The van der Waals surface area contributed by atoms with Crippen LogP contribution in [0.15, 0.2) is 30.3 Å². The molecule has 1 heterocycles. The van der Waals surface area contributed by atoms with Gasteiger partial charge in [0.2, 0.25) is 5.91 Å². The third-order valence-electron chi connectivity index (χ3n) is 3.52. The summed E-state index contributed by atoms with van der Waals surface area (Å²) in [6, 6.07) is 4.94. The van der Waals surface area contributed by atoms with Crippen molar-refractivity contribution in [3.05, 3.63) is 41.5 Å². The normalized spacial score (nSPS) is 20.0. The summed E-state index contributed by atoms with van der Waals surface area (Å²) in [6.07, 6.45) is -2.27. The zero-order valence-electron chi connectivity index (χ0n) is 11.7. The Hall–Kier alpha value is -1.82. The number of allylic oxidation sites excluding steroid dienone is 1. The SMILES string of the molecule is CC(=CC(=O)N1CC[C@@H](N)C1)c1cccc(C(F)(F)F)c1. The van der Waals surface area contributed by atoms with Gasteiger partial charge in [0.15, 0.2) is 0 Å². The molecule has 3 nitrogen and oxygen atoms in total. The molecule has 21 heavy (non-hydrogen) atoms. The van der Waals surface area contributed by atoms with E-state index in [1.165, 1.54) is 12.1 Å². The number of hydrogen-bond donors (Lipinski definition) is 1. The first kappa shape index (κ1) is 15.6. The maximum absolute atomic E-state index is 12.7. The largest absolute Gasteiger partial charge is 0.416 e. The zero-order valence-corrected chi connectivity index (χ0v) is 11.7. The summed E-state index contributed by atoms with van der Waals surface area (Å²) in [5.74, 6) is -0.210. The summed E-state index contributed by atoms with van der Waals surface area (Å²) in [5, 5.41) is 0. The van der Waals surface area contributed by atoms with Crippen molar-refractivity contribution < 1.29 is 18.0 Å². The van der Waals surface area contributed by atoms with Crippen molar-refractivity contribution in [2.45, 2.75) is 25.6 Å². The van der Waals surface area contributed by atoms with Gasteiger partial charge in [-0.1, -0.05) is 12.1 Å². The minimum Gasteiger partial charge on any atom is -0.338 e. The lowest BCUT2D eigenvalue weighted by Crippen LogP contribution is -2.30. The Morgan fingerprint density at radius 1 is 1.43 bits per heavy atom. The van der Waals surface area contributed by atoms with E-state index in [-0.39, 0.29) is 11.9 Å². The van der Waals surface area contributed by atoms with Crippen molar-refractivity contribution in [2.24, 2.45) is 5.73 Å².